The molecule has 0 unspecified atom stereocenters. The van der Waals surface area contributed by atoms with Crippen molar-refractivity contribution in [1.29, 1.82) is 0 Å². The first-order valence-corrected chi connectivity index (χ1v) is 8.34. The lowest BCUT2D eigenvalue weighted by atomic mass is 9.98. The second-order valence-electron chi connectivity index (χ2n) is 4.89. The minimum absolute atomic E-state index is 0.422. The third-order valence-corrected chi connectivity index (χ3v) is 5.73. The second-order valence-corrected chi connectivity index (χ2v) is 6.82. The van der Waals surface area contributed by atoms with Crippen molar-refractivity contribution in [3.8, 4) is 0 Å². The Balaban J connectivity index is 2.57. The van der Waals surface area contributed by atoms with Gasteiger partial charge in [-0.1, -0.05) is 6.92 Å². The fraction of sp³-hybridized carbons (Fsp3) is 1.00. The van der Waals surface area contributed by atoms with E-state index in [4.69, 9.17) is 4.74 Å². The molecule has 7 heteroatoms. The van der Waals surface area contributed by atoms with Gasteiger partial charge >= 0.3 is 0 Å². The van der Waals surface area contributed by atoms with Gasteiger partial charge in [-0.25, -0.2) is 0 Å². The average molecular weight is 293 g/mol. The van der Waals surface area contributed by atoms with E-state index in [1.165, 1.54) is 4.31 Å². The summed E-state index contributed by atoms with van der Waals surface area (Å²) in [5.41, 5.74) is 0. The highest BCUT2D eigenvalue weighted by atomic mass is 32.2. The summed E-state index contributed by atoms with van der Waals surface area (Å²) in [6, 6.07) is 0. The first-order chi connectivity index (χ1) is 9.06. The van der Waals surface area contributed by atoms with E-state index in [-0.39, 0.29) is 0 Å². The summed E-state index contributed by atoms with van der Waals surface area (Å²) in [5.74, 6) is 0.588. The van der Waals surface area contributed by atoms with Crippen LogP contribution in [0.2, 0.25) is 0 Å². The molecule has 0 amide bonds. The molecular formula is C12H27N3O3S. The Hall–Kier alpha value is -0.210. The zero-order valence-electron chi connectivity index (χ0n) is 12.3. The predicted octanol–water partition coefficient (Wildman–Crippen LogP) is 0.131. The molecule has 0 aromatic heterocycles. The Bertz CT molecular complexity index is 340. The van der Waals surface area contributed by atoms with Gasteiger partial charge in [-0.15, -0.1) is 0 Å². The first kappa shape index (κ1) is 16.8. The third kappa shape index (κ3) is 4.68. The molecule has 19 heavy (non-hydrogen) atoms. The van der Waals surface area contributed by atoms with Gasteiger partial charge in [0.2, 0.25) is 0 Å². The minimum Gasteiger partial charge on any atom is -0.383 e. The quantitative estimate of drug-likeness (QED) is 0.691. The summed E-state index contributed by atoms with van der Waals surface area (Å²) < 4.78 is 33.0. The smallest absolute Gasteiger partial charge is 0.282 e. The van der Waals surface area contributed by atoms with Crippen LogP contribution in [0.5, 0.6) is 0 Å². The summed E-state index contributed by atoms with van der Waals surface area (Å²) in [7, 11) is 0.206. The van der Waals surface area contributed by atoms with Crippen LogP contribution in [0.3, 0.4) is 0 Å². The molecular weight excluding hydrogens is 266 g/mol. The molecule has 0 saturated carbocycles. The molecule has 6 nitrogen and oxygen atoms in total. The largest absolute Gasteiger partial charge is 0.383 e. The highest BCUT2D eigenvalue weighted by molar-refractivity contribution is 7.86. The standard InChI is InChI=1S/C12H27N3O3S/c1-4-14(9-10-18-3)19(16,17)15-7-5-12(6-8-15)11-13-2/h12-13H,4-11H2,1-3H3. The Kier molecular flexibility index (Phi) is 7.23. The predicted molar refractivity (Wildman–Crippen MR) is 76.3 cm³/mol. The number of piperidine rings is 1. The molecule has 1 fully saturated rings. The molecule has 0 spiro atoms. The Labute approximate surface area is 117 Å². The summed E-state index contributed by atoms with van der Waals surface area (Å²) >= 11 is 0. The molecule has 0 bridgehead atoms. The maximum Gasteiger partial charge on any atom is 0.282 e. The Morgan fingerprint density at radius 3 is 2.47 bits per heavy atom. The van der Waals surface area contributed by atoms with Crippen LogP contribution in [-0.2, 0) is 14.9 Å². The van der Waals surface area contributed by atoms with Crippen LogP contribution in [0.4, 0.5) is 0 Å². The third-order valence-electron chi connectivity index (χ3n) is 3.62. The fourth-order valence-corrected chi connectivity index (χ4v) is 4.06. The minimum atomic E-state index is -3.32. The van der Waals surface area contributed by atoms with Crippen molar-refractivity contribution in [1.82, 2.24) is 13.9 Å². The van der Waals surface area contributed by atoms with Gasteiger partial charge in [0, 0.05) is 33.3 Å². The summed E-state index contributed by atoms with van der Waals surface area (Å²) in [6.07, 6.45) is 1.86. The van der Waals surface area contributed by atoms with Crippen molar-refractivity contribution in [3.63, 3.8) is 0 Å². The zero-order chi connectivity index (χ0) is 14.3. The molecule has 0 radical (unpaired) electrons. The van der Waals surface area contributed by atoms with Crippen molar-refractivity contribution in [2.45, 2.75) is 19.8 Å². The van der Waals surface area contributed by atoms with E-state index in [1.54, 1.807) is 11.4 Å². The maximum atomic E-state index is 12.5. The number of nitrogens with zero attached hydrogens (tertiary/aromatic N) is 2. The number of methoxy groups -OCH3 is 1. The van der Waals surface area contributed by atoms with Gasteiger partial charge < -0.3 is 10.1 Å². The molecule has 114 valence electrons. The number of ether oxygens (including phenoxy) is 1. The topological polar surface area (TPSA) is 61.9 Å². The van der Waals surface area contributed by atoms with Crippen LogP contribution in [0.1, 0.15) is 19.8 Å². The number of hydrogen-bond donors (Lipinski definition) is 1. The number of rotatable bonds is 8. The second kappa shape index (κ2) is 8.16. The number of hydrogen-bond acceptors (Lipinski definition) is 4. The van der Waals surface area contributed by atoms with Gasteiger partial charge in [-0.05, 0) is 32.4 Å². The van der Waals surface area contributed by atoms with Crippen LogP contribution >= 0.6 is 0 Å². The van der Waals surface area contributed by atoms with Gasteiger partial charge in [-0.2, -0.15) is 17.0 Å². The van der Waals surface area contributed by atoms with E-state index in [1.807, 2.05) is 14.0 Å². The molecule has 1 rings (SSSR count). The molecule has 0 aromatic carbocycles. The van der Waals surface area contributed by atoms with Crippen LogP contribution in [-0.4, -0.2) is 70.5 Å². The highest BCUT2D eigenvalue weighted by Crippen LogP contribution is 2.20. The zero-order valence-corrected chi connectivity index (χ0v) is 13.1. The molecule has 1 aliphatic rings. The lowest BCUT2D eigenvalue weighted by molar-refractivity contribution is 0.174. The molecule has 1 N–H and O–H groups in total. The first-order valence-electron chi connectivity index (χ1n) is 6.95. The molecule has 1 saturated heterocycles. The molecule has 0 atom stereocenters. The van der Waals surface area contributed by atoms with Crippen molar-refractivity contribution in [2.24, 2.45) is 5.92 Å². The average Bonchev–Trinajstić information content (AvgIpc) is 2.40. The maximum absolute atomic E-state index is 12.5. The van der Waals surface area contributed by atoms with Crippen LogP contribution in [0.15, 0.2) is 0 Å². The summed E-state index contributed by atoms with van der Waals surface area (Å²) in [5, 5.41) is 3.16. The van der Waals surface area contributed by atoms with Gasteiger partial charge in [-0.3, -0.25) is 0 Å². The number of nitrogens with one attached hydrogen (secondary N) is 1. The van der Waals surface area contributed by atoms with Crippen molar-refractivity contribution in [2.75, 3.05) is 53.5 Å². The van der Waals surface area contributed by atoms with Crippen LogP contribution < -0.4 is 5.32 Å². The lowest BCUT2D eigenvalue weighted by Crippen LogP contribution is -2.48. The SMILES string of the molecule is CCN(CCOC)S(=O)(=O)N1CCC(CNC)CC1. The van der Waals surface area contributed by atoms with Gasteiger partial charge in [0.15, 0.2) is 0 Å². The van der Waals surface area contributed by atoms with Gasteiger partial charge in [0.25, 0.3) is 10.2 Å². The van der Waals surface area contributed by atoms with E-state index >= 15 is 0 Å². The lowest BCUT2D eigenvalue weighted by Gasteiger charge is -2.34. The van der Waals surface area contributed by atoms with Gasteiger partial charge in [0.05, 0.1) is 6.61 Å². The van der Waals surface area contributed by atoms with Crippen molar-refractivity contribution in [3.05, 3.63) is 0 Å². The van der Waals surface area contributed by atoms with E-state index in [0.29, 0.717) is 38.7 Å². The Morgan fingerprint density at radius 1 is 1.37 bits per heavy atom. The van der Waals surface area contributed by atoms with Crippen molar-refractivity contribution < 1.29 is 13.2 Å². The Morgan fingerprint density at radius 2 is 2.00 bits per heavy atom. The van der Waals surface area contributed by atoms with E-state index < -0.39 is 10.2 Å². The molecule has 0 aromatic rings. The highest BCUT2D eigenvalue weighted by Gasteiger charge is 2.31. The molecule has 0 aliphatic carbocycles. The monoisotopic (exact) mass is 293 g/mol. The van der Waals surface area contributed by atoms with Crippen molar-refractivity contribution >= 4 is 10.2 Å². The number of likely N-dealkylation sites (N-methyl/N-ethyl adjacent to an activating group) is 1. The molecule has 1 heterocycles. The summed E-state index contributed by atoms with van der Waals surface area (Å²) in [6.45, 7) is 5.42. The normalized spacial score (nSPS) is 19.2. The fourth-order valence-electron chi connectivity index (χ4n) is 2.43. The summed E-state index contributed by atoms with van der Waals surface area (Å²) in [4.78, 5) is 0. The van der Waals surface area contributed by atoms with E-state index in [0.717, 1.165) is 19.4 Å². The van der Waals surface area contributed by atoms with E-state index in [9.17, 15) is 8.42 Å². The molecule has 1 aliphatic heterocycles. The van der Waals surface area contributed by atoms with Gasteiger partial charge in [0.1, 0.15) is 0 Å². The van der Waals surface area contributed by atoms with Crippen LogP contribution in [0.25, 0.3) is 0 Å². The van der Waals surface area contributed by atoms with E-state index in [2.05, 4.69) is 5.32 Å². The van der Waals surface area contributed by atoms with Crippen LogP contribution in [0, 0.1) is 5.92 Å².